The number of allylic oxidation sites excluding steroid dienone is 4. The van der Waals surface area contributed by atoms with Gasteiger partial charge in [-0.2, -0.15) is 0 Å². The van der Waals surface area contributed by atoms with Crippen LogP contribution in [0.15, 0.2) is 65.9 Å². The molecular weight excluding hydrogens is 318 g/mol. The Hall–Kier alpha value is -1.84. The second-order valence-corrected chi connectivity index (χ2v) is 5.99. The number of nitrogens with zero attached hydrogens (tertiary/aromatic N) is 2. The Morgan fingerprint density at radius 1 is 1.08 bits per heavy atom. The van der Waals surface area contributed by atoms with E-state index in [0.29, 0.717) is 6.54 Å². The van der Waals surface area contributed by atoms with Crippen molar-refractivity contribution in [3.05, 3.63) is 71.5 Å². The van der Waals surface area contributed by atoms with Crippen molar-refractivity contribution in [3.8, 4) is 0 Å². The van der Waals surface area contributed by atoms with Crippen LogP contribution in [0, 0.1) is 0 Å². The van der Waals surface area contributed by atoms with E-state index >= 15 is 0 Å². The molecule has 26 heavy (non-hydrogen) atoms. The van der Waals surface area contributed by atoms with Crippen molar-refractivity contribution in [1.29, 1.82) is 0 Å². The van der Waals surface area contributed by atoms with Crippen LogP contribution in [0.5, 0.6) is 0 Å². The molecule has 0 amide bonds. The molecule has 1 aromatic rings. The molecule has 1 aliphatic carbocycles. The first kappa shape index (κ1) is 24.2. The van der Waals surface area contributed by atoms with Gasteiger partial charge in [-0.25, -0.2) is 0 Å². The van der Waals surface area contributed by atoms with Gasteiger partial charge in [-0.1, -0.05) is 69.8 Å². The molecule has 148 valence electrons. The number of nitrogens with two attached hydrogens (primary N) is 1. The van der Waals surface area contributed by atoms with Gasteiger partial charge >= 0.3 is 0 Å². The number of rotatable bonds is 8. The summed E-state index contributed by atoms with van der Waals surface area (Å²) in [4.78, 5) is 4.81. The Morgan fingerprint density at radius 2 is 1.77 bits per heavy atom. The van der Waals surface area contributed by atoms with E-state index in [4.69, 9.17) is 5.73 Å². The van der Waals surface area contributed by atoms with Crippen molar-refractivity contribution in [1.82, 2.24) is 9.80 Å². The van der Waals surface area contributed by atoms with Crippen LogP contribution in [-0.4, -0.2) is 43.0 Å². The largest absolute Gasteiger partial charge is 0.371 e. The van der Waals surface area contributed by atoms with E-state index in [2.05, 4.69) is 78.4 Å². The van der Waals surface area contributed by atoms with Crippen LogP contribution in [0.4, 0.5) is 0 Å². The third-order valence-corrected chi connectivity index (χ3v) is 4.24. The van der Waals surface area contributed by atoms with Crippen molar-refractivity contribution in [2.24, 2.45) is 5.73 Å². The molecular formula is C23H41N3. The second-order valence-electron chi connectivity index (χ2n) is 5.99. The van der Waals surface area contributed by atoms with Crippen LogP contribution in [0.3, 0.4) is 0 Å². The maximum atomic E-state index is 5.95. The van der Waals surface area contributed by atoms with Crippen LogP contribution in [0.25, 0.3) is 0 Å². The van der Waals surface area contributed by atoms with Gasteiger partial charge in [-0.15, -0.1) is 0 Å². The topological polar surface area (TPSA) is 32.5 Å². The molecule has 3 heteroatoms. The predicted molar refractivity (Wildman–Crippen MR) is 119 cm³/mol. The maximum Gasteiger partial charge on any atom is 0.0374 e. The minimum Gasteiger partial charge on any atom is -0.371 e. The monoisotopic (exact) mass is 359 g/mol. The lowest BCUT2D eigenvalue weighted by atomic mass is 10.1. The molecule has 2 rings (SSSR count). The van der Waals surface area contributed by atoms with Gasteiger partial charge in [0.1, 0.15) is 0 Å². The summed E-state index contributed by atoms with van der Waals surface area (Å²) in [7, 11) is 2.18. The van der Waals surface area contributed by atoms with Gasteiger partial charge < -0.3 is 15.5 Å². The molecule has 0 bridgehead atoms. The van der Waals surface area contributed by atoms with Crippen LogP contribution < -0.4 is 5.73 Å². The molecule has 0 spiro atoms. The van der Waals surface area contributed by atoms with E-state index in [9.17, 15) is 0 Å². The third-order valence-electron chi connectivity index (χ3n) is 4.24. The lowest BCUT2D eigenvalue weighted by molar-refractivity contribution is 0.265. The van der Waals surface area contributed by atoms with Gasteiger partial charge in [0.05, 0.1) is 0 Å². The standard InChI is InChI=1S/C20H29N3.C2H6.CH4.H2/c1-3-23(20-13-9-5-8-12-19(20)16-21)15-14-22(2)17-18-10-6-4-7-11-18;1-2;;/h4-11,13H,3,12,14-17,21H2,1-2H3;1-2H3;1H4;1H. The highest BCUT2D eigenvalue weighted by Crippen LogP contribution is 2.18. The molecule has 3 nitrogen and oxygen atoms in total. The number of benzene rings is 1. The average Bonchev–Trinajstić information content (AvgIpc) is 2.90. The van der Waals surface area contributed by atoms with E-state index in [0.717, 1.165) is 32.6 Å². The first-order valence-electron chi connectivity index (χ1n) is 9.47. The third kappa shape index (κ3) is 8.03. The predicted octanol–water partition coefficient (Wildman–Crippen LogP) is 5.08. The normalized spacial score (nSPS) is 13.0. The Kier molecular flexibility index (Phi) is 13.3. The Morgan fingerprint density at radius 3 is 2.38 bits per heavy atom. The summed E-state index contributed by atoms with van der Waals surface area (Å²) < 4.78 is 0. The quantitative estimate of drug-likeness (QED) is 0.703. The minimum atomic E-state index is 0. The summed E-state index contributed by atoms with van der Waals surface area (Å²) in [6.45, 7) is 10.9. The summed E-state index contributed by atoms with van der Waals surface area (Å²) in [6.07, 6.45) is 9.56. The van der Waals surface area contributed by atoms with Crippen LogP contribution in [-0.2, 0) is 6.54 Å². The van der Waals surface area contributed by atoms with Gasteiger partial charge in [-0.3, -0.25) is 0 Å². The molecule has 1 aliphatic rings. The van der Waals surface area contributed by atoms with Gasteiger partial charge in [-0.05, 0) is 37.6 Å². The first-order valence-corrected chi connectivity index (χ1v) is 9.47. The van der Waals surface area contributed by atoms with Gasteiger partial charge in [0.2, 0.25) is 0 Å². The van der Waals surface area contributed by atoms with Crippen molar-refractivity contribution in [2.75, 3.05) is 33.2 Å². The van der Waals surface area contributed by atoms with Crippen LogP contribution in [0.2, 0.25) is 0 Å². The van der Waals surface area contributed by atoms with Crippen LogP contribution >= 0.6 is 0 Å². The highest BCUT2D eigenvalue weighted by atomic mass is 15.2. The van der Waals surface area contributed by atoms with Crippen molar-refractivity contribution in [3.63, 3.8) is 0 Å². The number of likely N-dealkylation sites (N-methyl/N-ethyl adjacent to an activating group) is 2. The first-order chi connectivity index (χ1) is 12.2. The molecule has 2 N–H and O–H groups in total. The number of hydrogen-bond acceptors (Lipinski definition) is 3. The molecule has 0 saturated heterocycles. The highest BCUT2D eigenvalue weighted by Gasteiger charge is 2.12. The summed E-state index contributed by atoms with van der Waals surface area (Å²) in [5, 5.41) is 0. The molecule has 0 unspecified atom stereocenters. The Bertz CT molecular complexity index is 564. The summed E-state index contributed by atoms with van der Waals surface area (Å²) >= 11 is 0. The molecule has 0 aromatic heterocycles. The lowest BCUT2D eigenvalue weighted by Gasteiger charge is -2.29. The lowest BCUT2D eigenvalue weighted by Crippen LogP contribution is -2.33. The van der Waals surface area contributed by atoms with E-state index in [-0.39, 0.29) is 8.85 Å². The minimum absolute atomic E-state index is 0. The summed E-state index contributed by atoms with van der Waals surface area (Å²) in [5.41, 5.74) is 9.93. The summed E-state index contributed by atoms with van der Waals surface area (Å²) in [6, 6.07) is 10.6. The zero-order chi connectivity index (χ0) is 18.5. The van der Waals surface area contributed by atoms with Crippen LogP contribution in [0.1, 0.15) is 41.6 Å². The fraction of sp³-hybridized carbons (Fsp3) is 0.478. The van der Waals surface area contributed by atoms with E-state index in [1.165, 1.54) is 16.8 Å². The van der Waals surface area contributed by atoms with Crippen molar-refractivity contribution < 1.29 is 1.43 Å². The fourth-order valence-electron chi connectivity index (χ4n) is 2.89. The highest BCUT2D eigenvalue weighted by molar-refractivity contribution is 5.32. The average molecular weight is 360 g/mol. The van der Waals surface area contributed by atoms with E-state index in [1.807, 2.05) is 13.8 Å². The molecule has 0 radical (unpaired) electrons. The second kappa shape index (κ2) is 14.3. The van der Waals surface area contributed by atoms with Crippen molar-refractivity contribution in [2.45, 2.75) is 41.2 Å². The summed E-state index contributed by atoms with van der Waals surface area (Å²) in [5.74, 6) is 0. The molecule has 0 atom stereocenters. The van der Waals surface area contributed by atoms with Gasteiger partial charge in [0, 0.05) is 39.8 Å². The molecule has 0 heterocycles. The zero-order valence-corrected chi connectivity index (χ0v) is 16.4. The van der Waals surface area contributed by atoms with E-state index in [1.54, 1.807) is 0 Å². The van der Waals surface area contributed by atoms with E-state index < -0.39 is 0 Å². The molecule has 0 fully saturated rings. The molecule has 0 saturated carbocycles. The smallest absolute Gasteiger partial charge is 0.0374 e. The zero-order valence-electron chi connectivity index (χ0n) is 16.4. The molecule has 1 aromatic carbocycles. The maximum absolute atomic E-state index is 5.95. The van der Waals surface area contributed by atoms with Gasteiger partial charge in [0.25, 0.3) is 0 Å². The SMILES string of the molecule is C.CC.CCN(CCN(C)Cc1ccccc1)C1=C(CN)CC=CC=C1.[HH]. The fourth-order valence-corrected chi connectivity index (χ4v) is 2.89. The van der Waals surface area contributed by atoms with Crippen molar-refractivity contribution >= 4 is 0 Å². The Balaban J connectivity index is 0. The number of hydrogen-bond donors (Lipinski definition) is 1. The molecule has 0 aliphatic heterocycles. The Labute approximate surface area is 163 Å². The van der Waals surface area contributed by atoms with Gasteiger partial charge in [0.15, 0.2) is 0 Å².